The van der Waals surface area contributed by atoms with Gasteiger partial charge >= 0.3 is 0 Å². The van der Waals surface area contributed by atoms with Gasteiger partial charge in [0, 0.05) is 6.54 Å². The molecule has 1 fully saturated rings. The molecule has 0 aliphatic carbocycles. The lowest BCUT2D eigenvalue weighted by Crippen LogP contribution is -2.67. The van der Waals surface area contributed by atoms with Crippen molar-refractivity contribution in [3.8, 4) is 0 Å². The van der Waals surface area contributed by atoms with Gasteiger partial charge in [-0.25, -0.2) is 4.39 Å². The lowest BCUT2D eigenvalue weighted by molar-refractivity contribution is -0.125. The van der Waals surface area contributed by atoms with Gasteiger partial charge in [0.15, 0.2) is 0 Å². The SMILES string of the molecule is CC1(C)CNC(=O)C(CO)N1c1ccccc1F. The first-order valence-corrected chi connectivity index (χ1v) is 5.90. The van der Waals surface area contributed by atoms with Crippen LogP contribution in [0.25, 0.3) is 0 Å². The van der Waals surface area contributed by atoms with Crippen molar-refractivity contribution in [1.29, 1.82) is 0 Å². The molecule has 1 aliphatic rings. The fourth-order valence-corrected chi connectivity index (χ4v) is 2.35. The van der Waals surface area contributed by atoms with Crippen molar-refractivity contribution in [2.24, 2.45) is 0 Å². The summed E-state index contributed by atoms with van der Waals surface area (Å²) in [6, 6.07) is 5.54. The van der Waals surface area contributed by atoms with Gasteiger partial charge in [0.05, 0.1) is 17.8 Å². The minimum Gasteiger partial charge on any atom is -0.394 e. The van der Waals surface area contributed by atoms with E-state index in [0.717, 1.165) is 0 Å². The van der Waals surface area contributed by atoms with Crippen molar-refractivity contribution in [2.75, 3.05) is 18.1 Å². The first-order valence-electron chi connectivity index (χ1n) is 5.90. The quantitative estimate of drug-likeness (QED) is 0.822. The third-order valence-electron chi connectivity index (χ3n) is 3.25. The number of anilines is 1. The Bertz CT molecular complexity index is 462. The first-order chi connectivity index (χ1) is 8.47. The van der Waals surface area contributed by atoms with E-state index < -0.39 is 17.4 Å². The van der Waals surface area contributed by atoms with Crippen LogP contribution in [0.3, 0.4) is 0 Å². The summed E-state index contributed by atoms with van der Waals surface area (Å²) < 4.78 is 13.9. The summed E-state index contributed by atoms with van der Waals surface area (Å²) in [4.78, 5) is 13.4. The standard InChI is InChI=1S/C13H17FN2O2/c1-13(2)8-15-12(18)11(7-17)16(13)10-6-4-3-5-9(10)14/h3-6,11,17H,7-8H2,1-2H3,(H,15,18). The Morgan fingerprint density at radius 1 is 1.50 bits per heavy atom. The zero-order chi connectivity index (χ0) is 13.3. The third kappa shape index (κ3) is 2.06. The molecule has 1 amide bonds. The number of aliphatic hydroxyl groups is 1. The molecule has 1 aromatic carbocycles. The molecule has 2 rings (SSSR count). The van der Waals surface area contributed by atoms with E-state index in [9.17, 15) is 14.3 Å². The molecule has 2 N–H and O–H groups in total. The maximum absolute atomic E-state index is 13.9. The summed E-state index contributed by atoms with van der Waals surface area (Å²) in [5.41, 5.74) is -0.111. The predicted octanol–water partition coefficient (Wildman–Crippen LogP) is 0.901. The molecule has 98 valence electrons. The van der Waals surface area contributed by atoms with E-state index in [0.29, 0.717) is 12.2 Å². The van der Waals surface area contributed by atoms with Crippen LogP contribution in [-0.2, 0) is 4.79 Å². The van der Waals surface area contributed by atoms with Gasteiger partial charge in [-0.3, -0.25) is 4.79 Å². The van der Waals surface area contributed by atoms with Crippen LogP contribution in [0.4, 0.5) is 10.1 Å². The zero-order valence-corrected chi connectivity index (χ0v) is 10.5. The van der Waals surface area contributed by atoms with Crippen molar-refractivity contribution in [1.82, 2.24) is 5.32 Å². The number of aliphatic hydroxyl groups excluding tert-OH is 1. The van der Waals surface area contributed by atoms with Crippen molar-refractivity contribution in [3.63, 3.8) is 0 Å². The predicted molar refractivity (Wildman–Crippen MR) is 66.8 cm³/mol. The number of para-hydroxylation sites is 1. The molecule has 1 atom stereocenters. The highest BCUT2D eigenvalue weighted by atomic mass is 19.1. The van der Waals surface area contributed by atoms with Crippen LogP contribution >= 0.6 is 0 Å². The molecule has 18 heavy (non-hydrogen) atoms. The maximum atomic E-state index is 13.9. The van der Waals surface area contributed by atoms with E-state index >= 15 is 0 Å². The van der Waals surface area contributed by atoms with Gasteiger partial charge in [0.1, 0.15) is 11.9 Å². The van der Waals surface area contributed by atoms with E-state index in [1.165, 1.54) is 6.07 Å². The van der Waals surface area contributed by atoms with Gasteiger partial charge in [0.2, 0.25) is 5.91 Å². The smallest absolute Gasteiger partial charge is 0.245 e. The van der Waals surface area contributed by atoms with E-state index in [2.05, 4.69) is 5.32 Å². The number of halogens is 1. The largest absolute Gasteiger partial charge is 0.394 e. The number of hydrogen-bond acceptors (Lipinski definition) is 3. The van der Waals surface area contributed by atoms with Crippen molar-refractivity contribution in [2.45, 2.75) is 25.4 Å². The van der Waals surface area contributed by atoms with Crippen LogP contribution in [0, 0.1) is 5.82 Å². The molecular formula is C13H17FN2O2. The van der Waals surface area contributed by atoms with Crippen LogP contribution in [-0.4, -0.2) is 35.7 Å². The van der Waals surface area contributed by atoms with E-state index in [-0.39, 0.29) is 12.5 Å². The molecule has 4 nitrogen and oxygen atoms in total. The Balaban J connectivity index is 2.48. The van der Waals surface area contributed by atoms with Crippen molar-refractivity contribution >= 4 is 11.6 Å². The number of carbonyl (C=O) groups excluding carboxylic acids is 1. The minimum absolute atomic E-state index is 0.278. The number of hydrogen-bond donors (Lipinski definition) is 2. The summed E-state index contributed by atoms with van der Waals surface area (Å²) in [7, 11) is 0. The molecule has 5 heteroatoms. The summed E-state index contributed by atoms with van der Waals surface area (Å²) in [6.45, 7) is 3.88. The normalized spacial score (nSPS) is 22.8. The third-order valence-corrected chi connectivity index (χ3v) is 3.25. The maximum Gasteiger partial charge on any atom is 0.245 e. The molecular weight excluding hydrogens is 235 g/mol. The number of piperazine rings is 1. The zero-order valence-electron chi connectivity index (χ0n) is 10.5. The molecule has 1 aromatic rings. The topological polar surface area (TPSA) is 52.6 Å². The second-order valence-electron chi connectivity index (χ2n) is 5.05. The van der Waals surface area contributed by atoms with E-state index in [1.54, 1.807) is 23.1 Å². The second-order valence-corrected chi connectivity index (χ2v) is 5.05. The number of nitrogens with zero attached hydrogens (tertiary/aromatic N) is 1. The number of nitrogens with one attached hydrogen (secondary N) is 1. The molecule has 0 spiro atoms. The first kappa shape index (κ1) is 12.8. The van der Waals surface area contributed by atoms with Crippen LogP contribution < -0.4 is 10.2 Å². The lowest BCUT2D eigenvalue weighted by atomic mass is 9.94. The molecule has 1 heterocycles. The molecule has 0 bridgehead atoms. The highest BCUT2D eigenvalue weighted by molar-refractivity contribution is 5.87. The van der Waals surface area contributed by atoms with Gasteiger partial charge in [0.25, 0.3) is 0 Å². The number of rotatable bonds is 2. The molecule has 0 aromatic heterocycles. The van der Waals surface area contributed by atoms with Crippen LogP contribution in [0.15, 0.2) is 24.3 Å². The molecule has 0 radical (unpaired) electrons. The van der Waals surface area contributed by atoms with Gasteiger partial charge < -0.3 is 15.3 Å². The average Bonchev–Trinajstić information content (AvgIpc) is 2.33. The highest BCUT2D eigenvalue weighted by Crippen LogP contribution is 2.30. The van der Waals surface area contributed by atoms with E-state index in [4.69, 9.17) is 0 Å². The Morgan fingerprint density at radius 2 is 2.17 bits per heavy atom. The summed E-state index contributed by atoms with van der Waals surface area (Å²) in [5.74, 6) is -0.668. The van der Waals surface area contributed by atoms with Gasteiger partial charge in [-0.05, 0) is 26.0 Å². The van der Waals surface area contributed by atoms with Crippen LogP contribution in [0.5, 0.6) is 0 Å². The summed E-state index contributed by atoms with van der Waals surface area (Å²) >= 11 is 0. The van der Waals surface area contributed by atoms with Gasteiger partial charge in [-0.2, -0.15) is 0 Å². The fraction of sp³-hybridized carbons (Fsp3) is 0.462. The van der Waals surface area contributed by atoms with Crippen LogP contribution in [0.1, 0.15) is 13.8 Å². The molecule has 1 aliphatic heterocycles. The minimum atomic E-state index is -0.759. The van der Waals surface area contributed by atoms with Gasteiger partial charge in [-0.15, -0.1) is 0 Å². The fourth-order valence-electron chi connectivity index (χ4n) is 2.35. The Kier molecular flexibility index (Phi) is 3.26. The van der Waals surface area contributed by atoms with Gasteiger partial charge in [-0.1, -0.05) is 12.1 Å². The average molecular weight is 252 g/mol. The van der Waals surface area contributed by atoms with Crippen LogP contribution in [0.2, 0.25) is 0 Å². The second kappa shape index (κ2) is 4.57. The van der Waals surface area contributed by atoms with E-state index in [1.807, 2.05) is 13.8 Å². The number of amides is 1. The highest BCUT2D eigenvalue weighted by Gasteiger charge is 2.41. The summed E-state index contributed by atoms with van der Waals surface area (Å²) in [5, 5.41) is 12.1. The molecule has 0 saturated carbocycles. The Morgan fingerprint density at radius 3 is 2.78 bits per heavy atom. The monoisotopic (exact) mass is 252 g/mol. The van der Waals surface area contributed by atoms with Crippen molar-refractivity contribution in [3.05, 3.63) is 30.1 Å². The molecule has 1 saturated heterocycles. The lowest BCUT2D eigenvalue weighted by Gasteiger charge is -2.48. The summed E-state index contributed by atoms with van der Waals surface area (Å²) in [6.07, 6.45) is 0. The Labute approximate surface area is 105 Å². The van der Waals surface area contributed by atoms with Crippen molar-refractivity contribution < 1.29 is 14.3 Å². The molecule has 1 unspecified atom stereocenters. The number of benzene rings is 1. The number of carbonyl (C=O) groups is 1. The Hall–Kier alpha value is -1.62.